The molecule has 1 heterocycles. The highest BCUT2D eigenvalue weighted by molar-refractivity contribution is 5.88. The number of rotatable bonds is 6. The number of hydrogen-bond donors (Lipinski definition) is 1. The summed E-state index contributed by atoms with van der Waals surface area (Å²) in [6, 6.07) is 0. The molecule has 5 nitrogen and oxygen atoms in total. The predicted octanol–water partition coefficient (Wildman–Crippen LogP) is 1.35. The SMILES string of the molecule is CCN(Cc1c(C(=O)O)cnn1C)CC1CC1. The van der Waals surface area contributed by atoms with Crippen molar-refractivity contribution in [3.63, 3.8) is 0 Å². The summed E-state index contributed by atoms with van der Waals surface area (Å²) >= 11 is 0. The van der Waals surface area contributed by atoms with E-state index in [4.69, 9.17) is 5.11 Å². The Morgan fingerprint density at radius 2 is 2.35 bits per heavy atom. The van der Waals surface area contributed by atoms with Gasteiger partial charge in [-0.1, -0.05) is 6.92 Å². The lowest BCUT2D eigenvalue weighted by atomic mass is 10.2. The summed E-state index contributed by atoms with van der Waals surface area (Å²) in [6.07, 6.45) is 4.06. The minimum absolute atomic E-state index is 0.321. The first-order valence-electron chi connectivity index (χ1n) is 6.08. The highest BCUT2D eigenvalue weighted by atomic mass is 16.4. The van der Waals surface area contributed by atoms with Gasteiger partial charge < -0.3 is 5.11 Å². The molecule has 0 unspecified atom stereocenters. The lowest BCUT2D eigenvalue weighted by Gasteiger charge is -2.20. The maximum Gasteiger partial charge on any atom is 0.339 e. The first-order chi connectivity index (χ1) is 8.11. The van der Waals surface area contributed by atoms with Gasteiger partial charge in [0.1, 0.15) is 5.56 Å². The molecule has 5 heteroatoms. The van der Waals surface area contributed by atoms with Gasteiger partial charge in [-0.25, -0.2) is 4.79 Å². The maximum atomic E-state index is 11.1. The summed E-state index contributed by atoms with van der Waals surface area (Å²) in [5, 5.41) is 13.1. The molecule has 1 aliphatic rings. The number of aromatic nitrogens is 2. The third-order valence-electron chi connectivity index (χ3n) is 3.33. The van der Waals surface area contributed by atoms with Gasteiger partial charge in [-0.15, -0.1) is 0 Å². The molecule has 0 saturated heterocycles. The van der Waals surface area contributed by atoms with Crippen LogP contribution in [0.3, 0.4) is 0 Å². The van der Waals surface area contributed by atoms with Gasteiger partial charge >= 0.3 is 5.97 Å². The molecule has 94 valence electrons. The summed E-state index contributed by atoms with van der Waals surface area (Å²) in [6.45, 7) is 4.80. The number of hydrogen-bond acceptors (Lipinski definition) is 3. The van der Waals surface area contributed by atoms with E-state index in [0.717, 1.165) is 24.7 Å². The lowest BCUT2D eigenvalue weighted by molar-refractivity contribution is 0.0694. The van der Waals surface area contributed by atoms with Gasteiger partial charge in [0.25, 0.3) is 0 Å². The smallest absolute Gasteiger partial charge is 0.339 e. The fourth-order valence-electron chi connectivity index (χ4n) is 2.01. The normalized spacial score (nSPS) is 15.5. The topological polar surface area (TPSA) is 58.4 Å². The zero-order chi connectivity index (χ0) is 12.4. The van der Waals surface area contributed by atoms with Crippen LogP contribution in [0.15, 0.2) is 6.20 Å². The van der Waals surface area contributed by atoms with Gasteiger partial charge in [0.15, 0.2) is 0 Å². The molecule has 1 saturated carbocycles. The average Bonchev–Trinajstić information content (AvgIpc) is 3.02. The largest absolute Gasteiger partial charge is 0.478 e. The monoisotopic (exact) mass is 237 g/mol. The van der Waals surface area contributed by atoms with Crippen LogP contribution in [0, 0.1) is 5.92 Å². The fraction of sp³-hybridized carbons (Fsp3) is 0.667. The number of nitrogens with zero attached hydrogens (tertiary/aromatic N) is 3. The minimum Gasteiger partial charge on any atom is -0.478 e. The summed E-state index contributed by atoms with van der Waals surface area (Å²) < 4.78 is 1.67. The van der Waals surface area contributed by atoms with Crippen LogP contribution in [0.1, 0.15) is 35.8 Å². The van der Waals surface area contributed by atoms with Crippen LogP contribution < -0.4 is 0 Å². The van der Waals surface area contributed by atoms with Crippen molar-refractivity contribution in [1.82, 2.24) is 14.7 Å². The number of carbonyl (C=O) groups is 1. The van der Waals surface area contributed by atoms with E-state index in [0.29, 0.717) is 12.1 Å². The van der Waals surface area contributed by atoms with Crippen molar-refractivity contribution in [3.05, 3.63) is 17.5 Å². The van der Waals surface area contributed by atoms with Gasteiger partial charge in [-0.2, -0.15) is 5.10 Å². The highest BCUT2D eigenvalue weighted by Crippen LogP contribution is 2.30. The van der Waals surface area contributed by atoms with Crippen LogP contribution in [0.5, 0.6) is 0 Å². The second kappa shape index (κ2) is 4.87. The molecule has 0 aliphatic heterocycles. The van der Waals surface area contributed by atoms with E-state index in [2.05, 4.69) is 16.9 Å². The van der Waals surface area contributed by atoms with Gasteiger partial charge in [-0.05, 0) is 25.3 Å². The van der Waals surface area contributed by atoms with Crippen LogP contribution in [0.25, 0.3) is 0 Å². The molecule has 0 aromatic carbocycles. The van der Waals surface area contributed by atoms with Crippen molar-refractivity contribution in [2.75, 3.05) is 13.1 Å². The molecule has 1 aromatic rings. The van der Waals surface area contributed by atoms with Gasteiger partial charge in [-0.3, -0.25) is 9.58 Å². The zero-order valence-electron chi connectivity index (χ0n) is 10.4. The van der Waals surface area contributed by atoms with E-state index in [1.165, 1.54) is 19.0 Å². The van der Waals surface area contributed by atoms with Crippen molar-refractivity contribution in [3.8, 4) is 0 Å². The Kier molecular flexibility index (Phi) is 3.47. The number of carboxylic acids is 1. The molecule has 1 aliphatic carbocycles. The van der Waals surface area contributed by atoms with Crippen molar-refractivity contribution in [1.29, 1.82) is 0 Å². The van der Waals surface area contributed by atoms with Crippen LogP contribution in [0.2, 0.25) is 0 Å². The Hall–Kier alpha value is -1.36. The molecule has 2 rings (SSSR count). The van der Waals surface area contributed by atoms with Crippen molar-refractivity contribution >= 4 is 5.97 Å². The van der Waals surface area contributed by atoms with Crippen LogP contribution in [0.4, 0.5) is 0 Å². The zero-order valence-corrected chi connectivity index (χ0v) is 10.4. The quantitative estimate of drug-likeness (QED) is 0.811. The number of aryl methyl sites for hydroxylation is 1. The third-order valence-corrected chi connectivity index (χ3v) is 3.33. The van der Waals surface area contributed by atoms with Gasteiger partial charge in [0, 0.05) is 20.1 Å². The Labute approximate surface area is 101 Å². The van der Waals surface area contributed by atoms with Crippen LogP contribution in [-0.4, -0.2) is 38.8 Å². The lowest BCUT2D eigenvalue weighted by Crippen LogP contribution is -2.27. The second-order valence-electron chi connectivity index (χ2n) is 4.70. The Bertz CT molecular complexity index is 410. The van der Waals surface area contributed by atoms with Crippen molar-refractivity contribution in [2.24, 2.45) is 13.0 Å². The first-order valence-corrected chi connectivity index (χ1v) is 6.08. The third kappa shape index (κ3) is 2.85. The Morgan fingerprint density at radius 3 is 2.88 bits per heavy atom. The minimum atomic E-state index is -0.893. The van der Waals surface area contributed by atoms with Crippen molar-refractivity contribution < 1.29 is 9.90 Å². The molecular weight excluding hydrogens is 218 g/mol. The van der Waals surface area contributed by atoms with Crippen molar-refractivity contribution in [2.45, 2.75) is 26.3 Å². The van der Waals surface area contributed by atoms with Gasteiger partial charge in [0.05, 0.1) is 11.9 Å². The van der Waals surface area contributed by atoms with Crippen LogP contribution in [-0.2, 0) is 13.6 Å². The summed E-state index contributed by atoms with van der Waals surface area (Å²) in [7, 11) is 1.80. The van der Waals surface area contributed by atoms with Gasteiger partial charge in [0.2, 0.25) is 0 Å². The molecule has 1 aromatic heterocycles. The summed E-state index contributed by atoms with van der Waals surface area (Å²) in [5.41, 5.74) is 1.11. The van der Waals surface area contributed by atoms with E-state index in [-0.39, 0.29) is 0 Å². The standard InChI is InChI=1S/C12H19N3O2/c1-3-15(7-9-4-5-9)8-11-10(12(16)17)6-13-14(11)2/h6,9H,3-5,7-8H2,1-2H3,(H,16,17). The molecule has 0 amide bonds. The molecule has 0 bridgehead atoms. The average molecular weight is 237 g/mol. The second-order valence-corrected chi connectivity index (χ2v) is 4.70. The van der Waals surface area contributed by atoms with E-state index < -0.39 is 5.97 Å². The highest BCUT2D eigenvalue weighted by Gasteiger charge is 2.25. The van der Waals surface area contributed by atoms with E-state index in [9.17, 15) is 4.79 Å². The Balaban J connectivity index is 2.09. The Morgan fingerprint density at radius 1 is 1.65 bits per heavy atom. The molecule has 17 heavy (non-hydrogen) atoms. The van der Waals surface area contributed by atoms with Crippen LogP contribution >= 0.6 is 0 Å². The first kappa shape index (κ1) is 12.1. The number of aromatic carboxylic acids is 1. The van der Waals surface area contributed by atoms with E-state index in [1.54, 1.807) is 11.7 Å². The maximum absolute atomic E-state index is 11.1. The molecule has 0 atom stereocenters. The summed E-state index contributed by atoms with van der Waals surface area (Å²) in [4.78, 5) is 13.4. The summed E-state index contributed by atoms with van der Waals surface area (Å²) in [5.74, 6) is -0.0768. The molecule has 0 spiro atoms. The molecule has 0 radical (unpaired) electrons. The molecule has 1 N–H and O–H groups in total. The van der Waals surface area contributed by atoms with E-state index >= 15 is 0 Å². The number of carboxylic acid groups (broad SMARTS) is 1. The van der Waals surface area contributed by atoms with E-state index in [1.807, 2.05) is 0 Å². The fourth-order valence-corrected chi connectivity index (χ4v) is 2.01. The molecular formula is C12H19N3O2. The molecule has 1 fully saturated rings. The predicted molar refractivity (Wildman–Crippen MR) is 63.8 cm³/mol.